The molecule has 2 aliphatic rings. The lowest BCUT2D eigenvalue weighted by Crippen LogP contribution is -2.43. The molecule has 0 N–H and O–H groups in total. The van der Waals surface area contributed by atoms with Crippen molar-refractivity contribution in [3.63, 3.8) is 0 Å². The van der Waals surface area contributed by atoms with Crippen LogP contribution >= 0.6 is 34.0 Å². The number of nitrogens with zero attached hydrogens (tertiary/aromatic N) is 3. The Labute approximate surface area is 160 Å². The molecule has 0 saturated carbocycles. The van der Waals surface area contributed by atoms with Crippen LogP contribution in [0.3, 0.4) is 0 Å². The fourth-order valence-corrected chi connectivity index (χ4v) is 6.01. The molecule has 3 rings (SSSR count). The van der Waals surface area contributed by atoms with Crippen molar-refractivity contribution >= 4 is 43.7 Å². The molecule has 7 heteroatoms. The van der Waals surface area contributed by atoms with Gasteiger partial charge in [-0.05, 0) is 71.2 Å². The van der Waals surface area contributed by atoms with E-state index in [0.717, 1.165) is 26.2 Å². The standard InChI is InChI=1S/C17H23Cl2N3S2/c1-21(11-13-3-4-16(18)17(19)9-13)14-5-7-22(8-6-14)12-15-10-20-24(2)23-15/h3-4,9-10,14H,5-8,11-12H2,1-2H3. The van der Waals surface area contributed by atoms with Crippen molar-refractivity contribution in [3.05, 3.63) is 44.9 Å². The molecule has 1 aromatic rings. The maximum Gasteiger partial charge on any atom is 0.0595 e. The van der Waals surface area contributed by atoms with Gasteiger partial charge in [0.1, 0.15) is 0 Å². The first kappa shape index (κ1) is 18.7. The van der Waals surface area contributed by atoms with Gasteiger partial charge in [0.2, 0.25) is 0 Å². The third kappa shape index (κ3) is 4.99. The molecule has 1 atom stereocenters. The van der Waals surface area contributed by atoms with Gasteiger partial charge < -0.3 is 0 Å². The number of rotatable bonds is 5. The lowest BCUT2D eigenvalue weighted by molar-refractivity contribution is 0.130. The summed E-state index contributed by atoms with van der Waals surface area (Å²) in [6, 6.07) is 6.56. The summed E-state index contributed by atoms with van der Waals surface area (Å²) in [5, 5.41) is 1.26. The van der Waals surface area contributed by atoms with E-state index in [9.17, 15) is 0 Å². The SMILES string of the molecule is CN(Cc1ccc(Cl)c(Cl)c1)C1CCN(CC2=CN=S(C)S2)CC1. The Morgan fingerprint density at radius 2 is 2.04 bits per heavy atom. The average molecular weight is 404 g/mol. The number of hydrogen-bond acceptors (Lipinski definition) is 4. The van der Waals surface area contributed by atoms with Gasteiger partial charge in [0.05, 0.1) is 10.0 Å². The van der Waals surface area contributed by atoms with Crippen LogP contribution in [0.25, 0.3) is 0 Å². The molecular weight excluding hydrogens is 381 g/mol. The average Bonchev–Trinajstić information content (AvgIpc) is 2.96. The third-order valence-electron chi connectivity index (χ3n) is 4.55. The maximum absolute atomic E-state index is 6.12. The zero-order valence-electron chi connectivity index (χ0n) is 14.0. The molecule has 132 valence electrons. The van der Waals surface area contributed by atoms with Crippen LogP contribution in [0.4, 0.5) is 0 Å². The minimum absolute atomic E-state index is 0.146. The molecule has 0 aliphatic carbocycles. The van der Waals surface area contributed by atoms with E-state index in [2.05, 4.69) is 39.7 Å². The summed E-state index contributed by atoms with van der Waals surface area (Å²) in [7, 11) is 4.27. The van der Waals surface area contributed by atoms with E-state index >= 15 is 0 Å². The van der Waals surface area contributed by atoms with Gasteiger partial charge in [-0.15, -0.1) is 0 Å². The van der Waals surface area contributed by atoms with E-state index in [1.807, 2.05) is 22.9 Å². The lowest BCUT2D eigenvalue weighted by Gasteiger charge is -2.36. The van der Waals surface area contributed by atoms with Crippen molar-refractivity contribution < 1.29 is 0 Å². The van der Waals surface area contributed by atoms with Crippen molar-refractivity contribution in [3.8, 4) is 0 Å². The number of hydrogen-bond donors (Lipinski definition) is 0. The predicted octanol–water partition coefficient (Wildman–Crippen LogP) is 4.82. The Morgan fingerprint density at radius 3 is 2.67 bits per heavy atom. The highest BCUT2D eigenvalue weighted by Gasteiger charge is 2.23. The van der Waals surface area contributed by atoms with Crippen LogP contribution in [0.2, 0.25) is 10.0 Å². The Morgan fingerprint density at radius 1 is 1.29 bits per heavy atom. The number of halogens is 2. The summed E-state index contributed by atoms with van der Waals surface area (Å²) in [4.78, 5) is 6.42. The molecule has 0 aromatic heterocycles. The van der Waals surface area contributed by atoms with Gasteiger partial charge in [-0.1, -0.05) is 29.3 Å². The Hall–Kier alpha value is -0.0400. The van der Waals surface area contributed by atoms with Gasteiger partial charge >= 0.3 is 0 Å². The Balaban J connectivity index is 1.46. The maximum atomic E-state index is 6.12. The normalized spacial score (nSPS) is 22.7. The van der Waals surface area contributed by atoms with Gasteiger partial charge in [-0.25, -0.2) is 4.36 Å². The second-order valence-electron chi connectivity index (χ2n) is 6.38. The molecule has 24 heavy (non-hydrogen) atoms. The van der Waals surface area contributed by atoms with Crippen molar-refractivity contribution in [1.29, 1.82) is 0 Å². The third-order valence-corrected chi connectivity index (χ3v) is 8.00. The molecule has 1 unspecified atom stereocenters. The van der Waals surface area contributed by atoms with E-state index in [-0.39, 0.29) is 9.72 Å². The van der Waals surface area contributed by atoms with E-state index in [0.29, 0.717) is 16.1 Å². The van der Waals surface area contributed by atoms with Gasteiger partial charge in [0.15, 0.2) is 0 Å². The summed E-state index contributed by atoms with van der Waals surface area (Å²) in [5.41, 5.74) is 1.22. The summed E-state index contributed by atoms with van der Waals surface area (Å²) >= 11 is 12.1. The van der Waals surface area contributed by atoms with Crippen LogP contribution in [0.5, 0.6) is 0 Å². The van der Waals surface area contributed by atoms with Gasteiger partial charge in [0, 0.05) is 36.5 Å². The lowest BCUT2D eigenvalue weighted by atomic mass is 10.0. The van der Waals surface area contributed by atoms with Crippen LogP contribution < -0.4 is 0 Å². The van der Waals surface area contributed by atoms with Crippen LogP contribution in [0.15, 0.2) is 33.7 Å². The van der Waals surface area contributed by atoms with Crippen molar-refractivity contribution in [2.75, 3.05) is 32.9 Å². The predicted molar refractivity (Wildman–Crippen MR) is 109 cm³/mol. The van der Waals surface area contributed by atoms with E-state index < -0.39 is 0 Å². The van der Waals surface area contributed by atoms with E-state index in [4.69, 9.17) is 23.2 Å². The van der Waals surface area contributed by atoms with Crippen LogP contribution in [-0.4, -0.2) is 48.8 Å². The first-order valence-electron chi connectivity index (χ1n) is 8.12. The van der Waals surface area contributed by atoms with Gasteiger partial charge in [-0.2, -0.15) is 0 Å². The van der Waals surface area contributed by atoms with Crippen LogP contribution in [-0.2, 0) is 16.3 Å². The molecule has 2 aliphatic heterocycles. The fraction of sp³-hybridized carbons (Fsp3) is 0.529. The summed E-state index contributed by atoms with van der Waals surface area (Å²) in [5.74, 6) is 0. The first-order valence-corrected chi connectivity index (χ1v) is 11.8. The minimum atomic E-state index is 0.146. The number of benzene rings is 1. The summed E-state index contributed by atoms with van der Waals surface area (Å²) in [6.45, 7) is 4.30. The molecule has 1 fully saturated rings. The van der Waals surface area contributed by atoms with Crippen molar-refractivity contribution in [2.24, 2.45) is 4.36 Å². The van der Waals surface area contributed by atoms with E-state index in [1.165, 1.54) is 23.3 Å². The van der Waals surface area contributed by atoms with Gasteiger partial charge in [-0.3, -0.25) is 9.80 Å². The van der Waals surface area contributed by atoms with Crippen LogP contribution in [0, 0.1) is 0 Å². The highest BCUT2D eigenvalue weighted by atomic mass is 35.5. The quantitative estimate of drug-likeness (QED) is 0.656. The molecule has 3 nitrogen and oxygen atoms in total. The number of likely N-dealkylation sites (tertiary alicyclic amines) is 1. The fourth-order valence-electron chi connectivity index (χ4n) is 3.19. The van der Waals surface area contributed by atoms with Crippen molar-refractivity contribution in [2.45, 2.75) is 25.4 Å². The second-order valence-corrected chi connectivity index (χ2v) is 10.9. The molecule has 2 heterocycles. The Bertz CT molecular complexity index is 655. The monoisotopic (exact) mass is 403 g/mol. The van der Waals surface area contributed by atoms with Gasteiger partial charge in [0.25, 0.3) is 0 Å². The molecule has 1 saturated heterocycles. The topological polar surface area (TPSA) is 18.8 Å². The molecular formula is C17H23Cl2N3S2. The molecule has 0 bridgehead atoms. The first-order chi connectivity index (χ1) is 11.5. The zero-order chi connectivity index (χ0) is 17.1. The number of piperidine rings is 1. The highest BCUT2D eigenvalue weighted by Crippen LogP contribution is 2.29. The summed E-state index contributed by atoms with van der Waals surface area (Å²) in [6.07, 6.45) is 6.67. The van der Waals surface area contributed by atoms with Crippen LogP contribution in [0.1, 0.15) is 18.4 Å². The smallest absolute Gasteiger partial charge is 0.0595 e. The van der Waals surface area contributed by atoms with E-state index in [1.54, 1.807) is 0 Å². The zero-order valence-corrected chi connectivity index (χ0v) is 17.2. The Kier molecular flexibility index (Phi) is 6.69. The molecule has 0 spiro atoms. The molecule has 0 radical (unpaired) electrons. The molecule has 1 aromatic carbocycles. The summed E-state index contributed by atoms with van der Waals surface area (Å²) < 4.78 is 4.46. The second kappa shape index (κ2) is 8.56. The largest absolute Gasteiger partial charge is 0.299 e. The minimum Gasteiger partial charge on any atom is -0.299 e. The van der Waals surface area contributed by atoms with Crippen molar-refractivity contribution in [1.82, 2.24) is 9.80 Å². The molecule has 0 amide bonds. The highest BCUT2D eigenvalue weighted by molar-refractivity contribution is 8.71.